The van der Waals surface area contributed by atoms with Crippen LogP contribution in [0.3, 0.4) is 0 Å². The van der Waals surface area contributed by atoms with Crippen LogP contribution in [0.1, 0.15) is 34.3 Å². The van der Waals surface area contributed by atoms with Crippen LogP contribution in [0.5, 0.6) is 0 Å². The summed E-state index contributed by atoms with van der Waals surface area (Å²) in [7, 11) is 0. The predicted octanol–water partition coefficient (Wildman–Crippen LogP) is 2.78. The van der Waals surface area contributed by atoms with E-state index in [-0.39, 0.29) is 17.7 Å². The van der Waals surface area contributed by atoms with E-state index in [1.165, 1.54) is 5.56 Å². The van der Waals surface area contributed by atoms with Gasteiger partial charge in [0, 0.05) is 64.5 Å². The van der Waals surface area contributed by atoms with E-state index in [0.717, 1.165) is 64.2 Å². The second kappa shape index (κ2) is 11.4. The molecule has 1 N–H and O–H groups in total. The molecular weight excluding hydrogens is 412 g/mol. The van der Waals surface area contributed by atoms with Gasteiger partial charge in [-0.15, -0.1) is 0 Å². The average molecular weight is 449 g/mol. The molecule has 0 saturated carbocycles. The number of carbonyl (C=O) groups excluding carboxylic acids is 2. The minimum Gasteiger partial charge on any atom is -0.355 e. The summed E-state index contributed by atoms with van der Waals surface area (Å²) in [6, 6.07) is 18.3. The van der Waals surface area contributed by atoms with Crippen molar-refractivity contribution in [3.05, 3.63) is 71.3 Å². The van der Waals surface area contributed by atoms with Crippen LogP contribution in [0.2, 0.25) is 0 Å². The number of nitrogens with one attached hydrogen (secondary N) is 1. The number of carbonyl (C=O) groups is 2. The summed E-state index contributed by atoms with van der Waals surface area (Å²) in [6.45, 7) is 9.98. The van der Waals surface area contributed by atoms with Gasteiger partial charge in [-0.1, -0.05) is 48.0 Å². The van der Waals surface area contributed by atoms with E-state index in [0.29, 0.717) is 18.7 Å². The van der Waals surface area contributed by atoms with Gasteiger partial charge >= 0.3 is 0 Å². The lowest BCUT2D eigenvalue weighted by Crippen LogP contribution is -2.49. The van der Waals surface area contributed by atoms with Gasteiger partial charge in [0.25, 0.3) is 5.91 Å². The third kappa shape index (κ3) is 6.65. The van der Waals surface area contributed by atoms with Crippen LogP contribution in [-0.2, 0) is 11.3 Å². The fourth-order valence-corrected chi connectivity index (χ4v) is 4.75. The van der Waals surface area contributed by atoms with Crippen LogP contribution in [0.4, 0.5) is 0 Å². The Kier molecular flexibility index (Phi) is 8.13. The Morgan fingerprint density at radius 1 is 0.909 bits per heavy atom. The van der Waals surface area contributed by atoms with Crippen LogP contribution < -0.4 is 5.32 Å². The molecule has 0 aliphatic carbocycles. The first-order chi connectivity index (χ1) is 16.1. The molecule has 33 heavy (non-hydrogen) atoms. The number of hydrogen-bond donors (Lipinski definition) is 1. The van der Waals surface area contributed by atoms with E-state index in [2.05, 4.69) is 45.4 Å². The van der Waals surface area contributed by atoms with Gasteiger partial charge in [0.2, 0.25) is 5.91 Å². The lowest BCUT2D eigenvalue weighted by Gasteiger charge is -2.35. The molecule has 0 aromatic heterocycles. The van der Waals surface area contributed by atoms with Gasteiger partial charge in [-0.2, -0.15) is 0 Å². The minimum atomic E-state index is -0.115. The molecule has 2 aliphatic rings. The van der Waals surface area contributed by atoms with E-state index < -0.39 is 0 Å². The molecule has 6 nitrogen and oxygen atoms in total. The molecule has 0 bridgehead atoms. The first kappa shape index (κ1) is 23.5. The largest absolute Gasteiger partial charge is 0.355 e. The molecule has 6 heteroatoms. The van der Waals surface area contributed by atoms with Crippen molar-refractivity contribution in [2.75, 3.05) is 52.4 Å². The van der Waals surface area contributed by atoms with Crippen molar-refractivity contribution in [1.29, 1.82) is 0 Å². The lowest BCUT2D eigenvalue weighted by atomic mass is 9.96. The first-order valence-corrected chi connectivity index (χ1v) is 12.2. The molecule has 2 saturated heterocycles. The molecule has 2 aromatic rings. The van der Waals surface area contributed by atoms with Gasteiger partial charge in [0.05, 0.1) is 5.92 Å². The smallest absolute Gasteiger partial charge is 0.253 e. The maximum absolute atomic E-state index is 12.8. The number of aryl methyl sites for hydroxylation is 1. The number of rotatable bonds is 7. The zero-order valence-electron chi connectivity index (χ0n) is 19.7. The zero-order valence-corrected chi connectivity index (χ0v) is 19.7. The second-order valence-corrected chi connectivity index (χ2v) is 9.35. The Morgan fingerprint density at radius 2 is 1.61 bits per heavy atom. The molecule has 2 aliphatic heterocycles. The molecule has 4 rings (SSSR count). The summed E-state index contributed by atoms with van der Waals surface area (Å²) in [6.07, 6.45) is 1.72. The molecule has 1 atom stereocenters. The van der Waals surface area contributed by atoms with E-state index in [9.17, 15) is 9.59 Å². The van der Waals surface area contributed by atoms with Crippen molar-refractivity contribution >= 4 is 11.8 Å². The number of nitrogens with zero attached hydrogens (tertiary/aromatic N) is 3. The van der Waals surface area contributed by atoms with Gasteiger partial charge in [0.15, 0.2) is 0 Å². The van der Waals surface area contributed by atoms with Gasteiger partial charge in [0.1, 0.15) is 0 Å². The normalized spacial score (nSPS) is 19.9. The summed E-state index contributed by atoms with van der Waals surface area (Å²) in [5.74, 6) is -0.00383. The maximum atomic E-state index is 12.8. The van der Waals surface area contributed by atoms with Crippen LogP contribution in [0, 0.1) is 12.8 Å². The number of likely N-dealkylation sites (tertiary alicyclic amines) is 1. The lowest BCUT2D eigenvalue weighted by molar-refractivity contribution is -0.126. The Balaban J connectivity index is 1.16. The van der Waals surface area contributed by atoms with E-state index in [1.54, 1.807) is 0 Å². The fraction of sp³-hybridized carbons (Fsp3) is 0.481. The predicted molar refractivity (Wildman–Crippen MR) is 131 cm³/mol. The Hall–Kier alpha value is -2.70. The van der Waals surface area contributed by atoms with Crippen LogP contribution in [-0.4, -0.2) is 78.9 Å². The molecule has 2 heterocycles. The molecule has 2 fully saturated rings. The van der Waals surface area contributed by atoms with E-state index in [4.69, 9.17) is 0 Å². The van der Waals surface area contributed by atoms with E-state index in [1.807, 2.05) is 36.1 Å². The Bertz CT molecular complexity index is 907. The average Bonchev–Trinajstić information content (AvgIpc) is 2.86. The minimum absolute atomic E-state index is 0.0286. The van der Waals surface area contributed by atoms with Crippen molar-refractivity contribution in [3.63, 3.8) is 0 Å². The van der Waals surface area contributed by atoms with Crippen molar-refractivity contribution in [2.24, 2.45) is 5.92 Å². The third-order valence-electron chi connectivity index (χ3n) is 6.82. The number of piperidine rings is 1. The van der Waals surface area contributed by atoms with E-state index >= 15 is 0 Å². The highest BCUT2D eigenvalue weighted by Crippen LogP contribution is 2.19. The highest BCUT2D eigenvalue weighted by atomic mass is 16.2. The van der Waals surface area contributed by atoms with Crippen molar-refractivity contribution < 1.29 is 9.59 Å². The summed E-state index contributed by atoms with van der Waals surface area (Å²) >= 11 is 0. The summed E-state index contributed by atoms with van der Waals surface area (Å²) in [4.78, 5) is 32.3. The Morgan fingerprint density at radius 3 is 2.33 bits per heavy atom. The maximum Gasteiger partial charge on any atom is 0.253 e. The molecule has 2 amide bonds. The van der Waals surface area contributed by atoms with Crippen molar-refractivity contribution in [3.8, 4) is 0 Å². The SMILES string of the molecule is Cc1ccc(C(=O)N2CCC[C@@H](C(=O)NCCN3CCN(Cc4ccccc4)CC3)C2)cc1. The highest BCUT2D eigenvalue weighted by Gasteiger charge is 2.29. The highest BCUT2D eigenvalue weighted by molar-refractivity contribution is 5.94. The summed E-state index contributed by atoms with van der Waals surface area (Å²) < 4.78 is 0. The van der Waals surface area contributed by atoms with Gasteiger partial charge in [-0.3, -0.25) is 19.4 Å². The first-order valence-electron chi connectivity index (χ1n) is 12.2. The van der Waals surface area contributed by atoms with Gasteiger partial charge < -0.3 is 10.2 Å². The number of benzene rings is 2. The Labute approximate surface area is 197 Å². The zero-order chi connectivity index (χ0) is 23.0. The molecule has 176 valence electrons. The monoisotopic (exact) mass is 448 g/mol. The van der Waals surface area contributed by atoms with Crippen LogP contribution >= 0.6 is 0 Å². The number of amides is 2. The van der Waals surface area contributed by atoms with Gasteiger partial charge in [-0.05, 0) is 37.5 Å². The molecular formula is C27H36N4O2. The quantitative estimate of drug-likeness (QED) is 0.708. The molecule has 0 spiro atoms. The van der Waals surface area contributed by atoms with Crippen LogP contribution in [0.25, 0.3) is 0 Å². The fourth-order valence-electron chi connectivity index (χ4n) is 4.75. The summed E-state index contributed by atoms with van der Waals surface area (Å²) in [5.41, 5.74) is 3.20. The number of piperazine rings is 1. The van der Waals surface area contributed by atoms with Crippen molar-refractivity contribution in [2.45, 2.75) is 26.3 Å². The second-order valence-electron chi connectivity index (χ2n) is 9.35. The topological polar surface area (TPSA) is 55.9 Å². The third-order valence-corrected chi connectivity index (χ3v) is 6.82. The van der Waals surface area contributed by atoms with Crippen LogP contribution in [0.15, 0.2) is 54.6 Å². The van der Waals surface area contributed by atoms with Crippen molar-refractivity contribution in [1.82, 2.24) is 20.0 Å². The molecule has 0 radical (unpaired) electrons. The molecule has 2 aromatic carbocycles. The van der Waals surface area contributed by atoms with Gasteiger partial charge in [-0.25, -0.2) is 0 Å². The number of hydrogen-bond acceptors (Lipinski definition) is 4. The molecule has 0 unspecified atom stereocenters. The standard InChI is InChI=1S/C27H36N4O2/c1-22-9-11-24(12-10-22)27(33)31-14-5-8-25(21-31)26(32)28-13-15-29-16-18-30(19-17-29)20-23-6-3-2-4-7-23/h2-4,6-7,9-12,25H,5,8,13-21H2,1H3,(H,28,32)/t25-/m1/s1. The summed E-state index contributed by atoms with van der Waals surface area (Å²) in [5, 5.41) is 3.13.